The molecule has 0 aromatic heterocycles. The zero-order chi connectivity index (χ0) is 15.4. The summed E-state index contributed by atoms with van der Waals surface area (Å²) in [6.07, 6.45) is 3.89. The molecule has 0 aromatic carbocycles. The Kier molecular flexibility index (Phi) is 5.45. The Labute approximate surface area is 126 Å². The van der Waals surface area contributed by atoms with Crippen LogP contribution in [0.25, 0.3) is 0 Å². The minimum Gasteiger partial charge on any atom is -0.480 e. The van der Waals surface area contributed by atoms with Gasteiger partial charge in [0.05, 0.1) is 6.54 Å². The van der Waals surface area contributed by atoms with Crippen LogP contribution < -0.4 is 5.32 Å². The van der Waals surface area contributed by atoms with Gasteiger partial charge in [0, 0.05) is 25.2 Å². The van der Waals surface area contributed by atoms with Crippen LogP contribution in [0.3, 0.4) is 0 Å². The number of carboxylic acids is 1. The van der Waals surface area contributed by atoms with Crippen LogP contribution in [0.1, 0.15) is 39.5 Å². The fraction of sp³-hybridized carbons (Fsp3) is 0.867. The molecule has 1 heterocycles. The third kappa shape index (κ3) is 4.33. The van der Waals surface area contributed by atoms with E-state index in [1.165, 1.54) is 0 Å². The monoisotopic (exact) mass is 297 g/mol. The van der Waals surface area contributed by atoms with Gasteiger partial charge in [-0.1, -0.05) is 13.8 Å². The molecule has 6 nitrogen and oxygen atoms in total. The highest BCUT2D eigenvalue weighted by Gasteiger charge is 2.35. The molecule has 2 rings (SSSR count). The van der Waals surface area contributed by atoms with E-state index in [4.69, 9.17) is 5.11 Å². The molecule has 0 bridgehead atoms. The maximum atomic E-state index is 12.1. The number of aliphatic carboxylic acids is 1. The number of nitrogens with zero attached hydrogens (tertiary/aromatic N) is 2. The summed E-state index contributed by atoms with van der Waals surface area (Å²) in [4.78, 5) is 26.8. The second kappa shape index (κ2) is 7.11. The number of rotatable bonds is 5. The van der Waals surface area contributed by atoms with E-state index in [9.17, 15) is 9.59 Å². The minimum atomic E-state index is -0.785. The molecule has 1 saturated heterocycles. The normalized spacial score (nSPS) is 26.5. The van der Waals surface area contributed by atoms with E-state index in [0.717, 1.165) is 51.2 Å². The van der Waals surface area contributed by atoms with Crippen LogP contribution in [0.4, 0.5) is 4.79 Å². The number of nitrogens with one attached hydrogen (secondary N) is 1. The van der Waals surface area contributed by atoms with E-state index in [0.29, 0.717) is 0 Å². The molecule has 2 fully saturated rings. The number of likely N-dealkylation sites (tertiary alicyclic amines) is 1. The van der Waals surface area contributed by atoms with Gasteiger partial charge in [0.25, 0.3) is 0 Å². The molecule has 0 aromatic rings. The summed E-state index contributed by atoms with van der Waals surface area (Å²) in [7, 11) is 0. The van der Waals surface area contributed by atoms with Gasteiger partial charge in [0.1, 0.15) is 0 Å². The lowest BCUT2D eigenvalue weighted by atomic mass is 9.85. The van der Waals surface area contributed by atoms with Crippen LogP contribution in [-0.2, 0) is 4.79 Å². The van der Waals surface area contributed by atoms with Crippen LogP contribution in [0.2, 0.25) is 0 Å². The average molecular weight is 297 g/mol. The van der Waals surface area contributed by atoms with Crippen molar-refractivity contribution in [1.82, 2.24) is 15.1 Å². The molecule has 0 radical (unpaired) electrons. The van der Waals surface area contributed by atoms with Crippen molar-refractivity contribution in [2.75, 3.05) is 26.2 Å². The Morgan fingerprint density at radius 2 is 1.90 bits per heavy atom. The van der Waals surface area contributed by atoms with E-state index in [2.05, 4.69) is 12.2 Å². The number of hydrogen-bond donors (Lipinski definition) is 2. The number of amides is 2. The van der Waals surface area contributed by atoms with Gasteiger partial charge in [-0.3, -0.25) is 9.69 Å². The minimum absolute atomic E-state index is 0.0478. The van der Waals surface area contributed by atoms with Crippen molar-refractivity contribution in [1.29, 1.82) is 0 Å². The third-order valence-electron chi connectivity index (χ3n) is 4.77. The van der Waals surface area contributed by atoms with Crippen molar-refractivity contribution in [3.63, 3.8) is 0 Å². The summed E-state index contributed by atoms with van der Waals surface area (Å²) in [5.74, 6) is -0.0666. The number of carbonyl (C=O) groups excluding carboxylic acids is 1. The van der Waals surface area contributed by atoms with Crippen LogP contribution in [0.15, 0.2) is 0 Å². The predicted octanol–water partition coefficient (Wildman–Crippen LogP) is 1.37. The highest BCUT2D eigenvalue weighted by molar-refractivity contribution is 5.74. The molecule has 2 amide bonds. The zero-order valence-corrected chi connectivity index (χ0v) is 13.0. The molecule has 1 saturated carbocycles. The fourth-order valence-electron chi connectivity index (χ4n) is 3.15. The summed E-state index contributed by atoms with van der Waals surface area (Å²) in [6.45, 7) is 6.73. The zero-order valence-electron chi connectivity index (χ0n) is 13.0. The van der Waals surface area contributed by atoms with Gasteiger partial charge >= 0.3 is 12.0 Å². The molecular weight excluding hydrogens is 270 g/mol. The van der Waals surface area contributed by atoms with Gasteiger partial charge in [0.15, 0.2) is 0 Å². The molecule has 1 aliphatic heterocycles. The van der Waals surface area contributed by atoms with E-state index in [-0.39, 0.29) is 24.7 Å². The molecule has 0 spiro atoms. The van der Waals surface area contributed by atoms with Crippen molar-refractivity contribution >= 4 is 12.0 Å². The molecule has 120 valence electrons. The van der Waals surface area contributed by atoms with E-state index < -0.39 is 5.97 Å². The molecule has 1 aliphatic carbocycles. The summed E-state index contributed by atoms with van der Waals surface area (Å²) < 4.78 is 0. The standard InChI is InChI=1S/C15H27N3O3/c1-3-17(10-14(19)20)13-8-12(9-13)16-15(21)18-6-4-11(2)5-7-18/h11-13H,3-10H2,1-2H3,(H,16,21)(H,19,20). The van der Waals surface area contributed by atoms with E-state index >= 15 is 0 Å². The molecule has 0 unspecified atom stereocenters. The highest BCUT2D eigenvalue weighted by Crippen LogP contribution is 2.26. The number of hydrogen-bond acceptors (Lipinski definition) is 3. The number of carboxylic acid groups (broad SMARTS) is 1. The lowest BCUT2D eigenvalue weighted by Gasteiger charge is -2.43. The van der Waals surface area contributed by atoms with E-state index in [1.807, 2.05) is 16.7 Å². The highest BCUT2D eigenvalue weighted by atomic mass is 16.4. The Bertz CT molecular complexity index is 374. The summed E-state index contributed by atoms with van der Waals surface area (Å²) >= 11 is 0. The smallest absolute Gasteiger partial charge is 0.317 e. The number of likely N-dealkylation sites (N-methyl/N-ethyl adjacent to an activating group) is 1. The lowest BCUT2D eigenvalue weighted by molar-refractivity contribution is -0.139. The number of piperidine rings is 1. The Morgan fingerprint density at radius 1 is 1.29 bits per heavy atom. The first-order valence-electron chi connectivity index (χ1n) is 8.00. The van der Waals surface area contributed by atoms with Crippen molar-refractivity contribution in [3.8, 4) is 0 Å². The first-order chi connectivity index (χ1) is 9.99. The van der Waals surface area contributed by atoms with Crippen LogP contribution in [0, 0.1) is 5.92 Å². The molecule has 2 aliphatic rings. The summed E-state index contributed by atoms with van der Waals surface area (Å²) in [5, 5.41) is 11.9. The Balaban J connectivity index is 1.70. The Morgan fingerprint density at radius 3 is 2.43 bits per heavy atom. The number of carbonyl (C=O) groups is 2. The average Bonchev–Trinajstić information content (AvgIpc) is 2.40. The lowest BCUT2D eigenvalue weighted by Crippen LogP contribution is -2.57. The predicted molar refractivity (Wildman–Crippen MR) is 80.2 cm³/mol. The maximum Gasteiger partial charge on any atom is 0.317 e. The van der Waals surface area contributed by atoms with Gasteiger partial charge in [-0.2, -0.15) is 0 Å². The van der Waals surface area contributed by atoms with Crippen LogP contribution >= 0.6 is 0 Å². The van der Waals surface area contributed by atoms with Crippen molar-refractivity contribution < 1.29 is 14.7 Å². The second-order valence-electron chi connectivity index (χ2n) is 6.40. The van der Waals surface area contributed by atoms with Gasteiger partial charge in [0.2, 0.25) is 0 Å². The fourth-order valence-corrected chi connectivity index (χ4v) is 3.15. The van der Waals surface area contributed by atoms with Crippen LogP contribution in [0.5, 0.6) is 0 Å². The SMILES string of the molecule is CCN(CC(=O)O)C1CC(NC(=O)N2CCC(C)CC2)C1. The van der Waals surface area contributed by atoms with Gasteiger partial charge in [-0.25, -0.2) is 4.79 Å². The molecular formula is C15H27N3O3. The molecule has 0 atom stereocenters. The second-order valence-corrected chi connectivity index (χ2v) is 6.40. The van der Waals surface area contributed by atoms with Gasteiger partial charge < -0.3 is 15.3 Å². The van der Waals surface area contributed by atoms with Crippen molar-refractivity contribution in [2.24, 2.45) is 5.92 Å². The van der Waals surface area contributed by atoms with Crippen LogP contribution in [-0.4, -0.2) is 65.2 Å². The van der Waals surface area contributed by atoms with Gasteiger partial charge in [-0.15, -0.1) is 0 Å². The topological polar surface area (TPSA) is 72.9 Å². The first-order valence-corrected chi connectivity index (χ1v) is 8.00. The van der Waals surface area contributed by atoms with E-state index in [1.54, 1.807) is 0 Å². The number of urea groups is 1. The first kappa shape index (κ1) is 16.1. The largest absolute Gasteiger partial charge is 0.480 e. The molecule has 6 heteroatoms. The Hall–Kier alpha value is -1.30. The van der Waals surface area contributed by atoms with Crippen molar-refractivity contribution in [3.05, 3.63) is 0 Å². The summed E-state index contributed by atoms with van der Waals surface area (Å²) in [6, 6.07) is 0.536. The molecule has 21 heavy (non-hydrogen) atoms. The molecule has 2 N–H and O–H groups in total. The quantitative estimate of drug-likeness (QED) is 0.804. The maximum absolute atomic E-state index is 12.1. The van der Waals surface area contributed by atoms with Gasteiger partial charge in [-0.05, 0) is 38.1 Å². The third-order valence-corrected chi connectivity index (χ3v) is 4.77. The van der Waals surface area contributed by atoms with Crippen molar-refractivity contribution in [2.45, 2.75) is 51.6 Å². The summed E-state index contributed by atoms with van der Waals surface area (Å²) in [5.41, 5.74) is 0.